The zero-order valence-electron chi connectivity index (χ0n) is 19.0. The first kappa shape index (κ1) is 22.9. The largest absolute Gasteiger partial charge is 0.338 e. The quantitative estimate of drug-likeness (QED) is 0.525. The summed E-state index contributed by atoms with van der Waals surface area (Å²) >= 11 is 1.57. The fraction of sp³-hybridized carbons (Fsp3) is 0.320. The van der Waals surface area contributed by atoms with Crippen LogP contribution in [0.5, 0.6) is 0 Å². The lowest BCUT2D eigenvalue weighted by atomic mass is 9.97. The van der Waals surface area contributed by atoms with Gasteiger partial charge in [0, 0.05) is 49.0 Å². The van der Waals surface area contributed by atoms with Crippen LogP contribution in [0.1, 0.15) is 28.8 Å². The SMILES string of the molecule is CSc1nccn1-c1cccc(C(=O)N2CCCC(CNC(=O)Nc3ccc(C)cc3)C2)c1. The van der Waals surface area contributed by atoms with Crippen LogP contribution in [0.2, 0.25) is 0 Å². The molecule has 172 valence electrons. The first-order valence-corrected chi connectivity index (χ1v) is 12.3. The number of aryl methyl sites for hydroxylation is 1. The highest BCUT2D eigenvalue weighted by molar-refractivity contribution is 7.98. The van der Waals surface area contributed by atoms with E-state index in [0.29, 0.717) is 18.7 Å². The van der Waals surface area contributed by atoms with Gasteiger partial charge in [0.25, 0.3) is 5.91 Å². The molecule has 0 spiro atoms. The van der Waals surface area contributed by atoms with Crippen molar-refractivity contribution in [2.45, 2.75) is 24.9 Å². The zero-order valence-corrected chi connectivity index (χ0v) is 19.8. The number of benzene rings is 2. The van der Waals surface area contributed by atoms with Gasteiger partial charge >= 0.3 is 6.03 Å². The molecule has 0 saturated carbocycles. The summed E-state index contributed by atoms with van der Waals surface area (Å²) < 4.78 is 1.98. The lowest BCUT2D eigenvalue weighted by Crippen LogP contribution is -2.44. The van der Waals surface area contributed by atoms with Gasteiger partial charge < -0.3 is 15.5 Å². The number of urea groups is 1. The molecule has 0 radical (unpaired) electrons. The van der Waals surface area contributed by atoms with Crippen LogP contribution in [0.25, 0.3) is 5.69 Å². The van der Waals surface area contributed by atoms with E-state index in [2.05, 4.69) is 15.6 Å². The summed E-state index contributed by atoms with van der Waals surface area (Å²) in [5, 5.41) is 6.69. The van der Waals surface area contributed by atoms with Gasteiger partial charge in [0.1, 0.15) is 0 Å². The van der Waals surface area contributed by atoms with Gasteiger partial charge in [0.05, 0.1) is 0 Å². The fourth-order valence-electron chi connectivity index (χ4n) is 4.07. The molecule has 0 aliphatic carbocycles. The second-order valence-corrected chi connectivity index (χ2v) is 9.07. The molecule has 8 heteroatoms. The first-order chi connectivity index (χ1) is 16.0. The normalized spacial score (nSPS) is 15.8. The predicted octanol–water partition coefficient (Wildman–Crippen LogP) is 4.58. The van der Waals surface area contributed by atoms with E-state index in [9.17, 15) is 9.59 Å². The number of amides is 3. The van der Waals surface area contributed by atoms with Gasteiger partial charge in [-0.15, -0.1) is 0 Å². The van der Waals surface area contributed by atoms with Crippen LogP contribution in [0, 0.1) is 12.8 Å². The maximum absolute atomic E-state index is 13.2. The van der Waals surface area contributed by atoms with Gasteiger partial charge in [0.2, 0.25) is 0 Å². The number of aromatic nitrogens is 2. The van der Waals surface area contributed by atoms with Gasteiger partial charge in [-0.1, -0.05) is 35.5 Å². The Hall–Kier alpha value is -3.26. The Morgan fingerprint density at radius 3 is 2.79 bits per heavy atom. The van der Waals surface area contributed by atoms with Gasteiger partial charge in [0.15, 0.2) is 5.16 Å². The van der Waals surface area contributed by atoms with E-state index in [1.165, 1.54) is 0 Å². The minimum Gasteiger partial charge on any atom is -0.338 e. The van der Waals surface area contributed by atoms with Gasteiger partial charge in [-0.3, -0.25) is 9.36 Å². The molecular weight excluding hydrogens is 434 g/mol. The van der Waals surface area contributed by atoms with E-state index in [0.717, 1.165) is 41.5 Å². The van der Waals surface area contributed by atoms with E-state index in [1.807, 2.05) is 77.4 Å². The maximum atomic E-state index is 13.2. The number of hydrogen-bond acceptors (Lipinski definition) is 4. The van der Waals surface area contributed by atoms with Crippen molar-refractivity contribution in [1.29, 1.82) is 0 Å². The second kappa shape index (κ2) is 10.6. The van der Waals surface area contributed by atoms with Crippen LogP contribution >= 0.6 is 11.8 Å². The highest BCUT2D eigenvalue weighted by atomic mass is 32.2. The molecule has 1 atom stereocenters. The Balaban J connectivity index is 1.34. The van der Waals surface area contributed by atoms with Crippen LogP contribution in [0.15, 0.2) is 66.1 Å². The molecule has 2 N–H and O–H groups in total. The number of likely N-dealkylation sites (tertiary alicyclic amines) is 1. The highest BCUT2D eigenvalue weighted by Crippen LogP contribution is 2.22. The van der Waals surface area contributed by atoms with E-state index in [4.69, 9.17) is 0 Å². The maximum Gasteiger partial charge on any atom is 0.319 e. The molecule has 4 rings (SSSR count). The molecule has 1 fully saturated rings. The molecule has 33 heavy (non-hydrogen) atoms. The lowest BCUT2D eigenvalue weighted by Gasteiger charge is -2.33. The molecule has 2 heterocycles. The standard InChI is InChI=1S/C25H29N5O2S/c1-18-8-10-21(11-9-18)28-24(32)27-16-19-5-4-13-29(17-19)23(31)20-6-3-7-22(15-20)30-14-12-26-25(30)33-2/h3,6-12,14-15,19H,4-5,13,16-17H2,1-2H3,(H2,27,28,32). The van der Waals surface area contributed by atoms with Gasteiger partial charge in [-0.05, 0) is 62.3 Å². The Kier molecular flexibility index (Phi) is 7.34. The Morgan fingerprint density at radius 1 is 1.18 bits per heavy atom. The molecule has 1 aliphatic heterocycles. The minimum atomic E-state index is -0.222. The van der Waals surface area contributed by atoms with Crippen molar-refractivity contribution in [1.82, 2.24) is 19.8 Å². The second-order valence-electron chi connectivity index (χ2n) is 8.29. The fourth-order valence-corrected chi connectivity index (χ4v) is 4.60. The molecule has 1 unspecified atom stereocenters. The Labute approximate surface area is 198 Å². The van der Waals surface area contributed by atoms with Crippen LogP contribution < -0.4 is 10.6 Å². The van der Waals surface area contributed by atoms with Crippen molar-refractivity contribution < 1.29 is 9.59 Å². The van der Waals surface area contributed by atoms with Crippen molar-refractivity contribution in [2.24, 2.45) is 5.92 Å². The van der Waals surface area contributed by atoms with E-state index in [-0.39, 0.29) is 17.9 Å². The van der Waals surface area contributed by atoms with Crippen molar-refractivity contribution in [2.75, 3.05) is 31.2 Å². The third-order valence-corrected chi connectivity index (χ3v) is 6.49. The summed E-state index contributed by atoms with van der Waals surface area (Å²) in [4.78, 5) is 31.7. The number of thioether (sulfide) groups is 1. The zero-order chi connectivity index (χ0) is 23.2. The van der Waals surface area contributed by atoms with Crippen LogP contribution in [0.4, 0.5) is 10.5 Å². The number of piperidine rings is 1. The summed E-state index contributed by atoms with van der Waals surface area (Å²) in [5.74, 6) is 0.253. The molecule has 1 aliphatic rings. The molecule has 2 aromatic carbocycles. The average molecular weight is 464 g/mol. The smallest absolute Gasteiger partial charge is 0.319 e. The minimum absolute atomic E-state index is 0.0245. The molecule has 3 amide bonds. The summed E-state index contributed by atoms with van der Waals surface area (Å²) in [5.41, 5.74) is 3.50. The van der Waals surface area contributed by atoms with E-state index < -0.39 is 0 Å². The van der Waals surface area contributed by atoms with E-state index >= 15 is 0 Å². The number of nitrogens with one attached hydrogen (secondary N) is 2. The third-order valence-electron chi connectivity index (χ3n) is 5.83. The third kappa shape index (κ3) is 5.76. The number of anilines is 1. The number of imidazole rings is 1. The number of nitrogens with zero attached hydrogens (tertiary/aromatic N) is 3. The molecular formula is C25H29N5O2S. The number of carbonyl (C=O) groups excluding carboxylic acids is 2. The monoisotopic (exact) mass is 463 g/mol. The summed E-state index contributed by atoms with van der Waals surface area (Å²) in [6, 6.07) is 15.1. The summed E-state index contributed by atoms with van der Waals surface area (Å²) in [6.07, 6.45) is 7.56. The number of carbonyl (C=O) groups is 2. The van der Waals surface area contributed by atoms with Crippen LogP contribution in [0.3, 0.4) is 0 Å². The van der Waals surface area contributed by atoms with Crippen molar-refractivity contribution in [3.05, 3.63) is 72.1 Å². The van der Waals surface area contributed by atoms with Crippen molar-refractivity contribution in [3.8, 4) is 5.69 Å². The average Bonchev–Trinajstić information content (AvgIpc) is 3.33. The van der Waals surface area contributed by atoms with Gasteiger partial charge in [-0.2, -0.15) is 0 Å². The molecule has 1 aromatic heterocycles. The topological polar surface area (TPSA) is 79.3 Å². The predicted molar refractivity (Wildman–Crippen MR) is 132 cm³/mol. The van der Waals surface area contributed by atoms with Crippen molar-refractivity contribution in [3.63, 3.8) is 0 Å². The lowest BCUT2D eigenvalue weighted by molar-refractivity contribution is 0.0675. The highest BCUT2D eigenvalue weighted by Gasteiger charge is 2.25. The van der Waals surface area contributed by atoms with E-state index in [1.54, 1.807) is 18.0 Å². The summed E-state index contributed by atoms with van der Waals surface area (Å²) in [7, 11) is 0. The molecule has 7 nitrogen and oxygen atoms in total. The number of rotatable bonds is 6. The summed E-state index contributed by atoms with van der Waals surface area (Å²) in [6.45, 7) is 3.91. The molecule has 1 saturated heterocycles. The number of hydrogen-bond donors (Lipinski definition) is 2. The van der Waals surface area contributed by atoms with Crippen LogP contribution in [-0.4, -0.2) is 52.3 Å². The van der Waals surface area contributed by atoms with Crippen molar-refractivity contribution >= 4 is 29.4 Å². The Bertz CT molecular complexity index is 1110. The van der Waals surface area contributed by atoms with Gasteiger partial charge in [-0.25, -0.2) is 9.78 Å². The molecule has 0 bridgehead atoms. The molecule has 3 aromatic rings. The Morgan fingerprint density at radius 2 is 2.00 bits per heavy atom. The van der Waals surface area contributed by atoms with Crippen LogP contribution in [-0.2, 0) is 0 Å². The first-order valence-electron chi connectivity index (χ1n) is 11.1.